The summed E-state index contributed by atoms with van der Waals surface area (Å²) < 4.78 is 0. The largest absolute Gasteiger partial charge is 0.300 e. The molecular weight excluding hydrogens is 136 g/mol. The molecule has 0 aromatic rings. The van der Waals surface area contributed by atoms with E-state index < -0.39 is 0 Å². The summed E-state index contributed by atoms with van der Waals surface area (Å²) in [5, 5.41) is 0. The Morgan fingerprint density at radius 1 is 0.909 bits per heavy atom. The molecule has 0 unspecified atom stereocenters. The summed E-state index contributed by atoms with van der Waals surface area (Å²) in [7, 11) is 0. The van der Waals surface area contributed by atoms with Crippen LogP contribution >= 0.6 is 0 Å². The van der Waals surface area contributed by atoms with Crippen molar-refractivity contribution in [3.05, 3.63) is 0 Å². The maximum Gasteiger partial charge on any atom is 0.134 e. The average Bonchev–Trinajstić information content (AvgIpc) is 2.50. The highest BCUT2D eigenvalue weighted by molar-refractivity contribution is 5.86. The molecule has 3 rings (SSSR count). The average molecular weight is 150 g/mol. The third-order valence-corrected chi connectivity index (χ3v) is 4.04. The maximum absolute atomic E-state index is 10.9. The standard InChI is InChI=1S/C10H14O/c11-8-5-10(6-8)4-3-9(7-10)1-2-9/h1-7H2. The lowest BCUT2D eigenvalue weighted by molar-refractivity contribution is -0.132. The lowest BCUT2D eigenvalue weighted by Crippen LogP contribution is -2.35. The molecule has 1 nitrogen and oxygen atoms in total. The Morgan fingerprint density at radius 3 is 1.91 bits per heavy atom. The van der Waals surface area contributed by atoms with E-state index in [0.29, 0.717) is 11.2 Å². The van der Waals surface area contributed by atoms with Crippen molar-refractivity contribution < 1.29 is 4.79 Å². The van der Waals surface area contributed by atoms with E-state index in [4.69, 9.17) is 0 Å². The van der Waals surface area contributed by atoms with Crippen LogP contribution in [0.2, 0.25) is 0 Å². The van der Waals surface area contributed by atoms with Gasteiger partial charge in [0, 0.05) is 12.8 Å². The third kappa shape index (κ3) is 0.743. The predicted octanol–water partition coefficient (Wildman–Crippen LogP) is 2.30. The Morgan fingerprint density at radius 2 is 1.45 bits per heavy atom. The van der Waals surface area contributed by atoms with Crippen LogP contribution in [-0.2, 0) is 4.79 Å². The minimum atomic E-state index is 0.516. The van der Waals surface area contributed by atoms with Crippen molar-refractivity contribution in [2.45, 2.75) is 44.9 Å². The SMILES string of the molecule is O=C1CC2(CCC3(CC3)C2)C1. The lowest BCUT2D eigenvalue weighted by atomic mass is 9.66. The molecule has 3 aliphatic carbocycles. The van der Waals surface area contributed by atoms with Crippen LogP contribution in [0.1, 0.15) is 44.9 Å². The topological polar surface area (TPSA) is 17.1 Å². The molecule has 0 aromatic carbocycles. The monoisotopic (exact) mass is 150 g/mol. The van der Waals surface area contributed by atoms with Crippen LogP contribution in [0.15, 0.2) is 0 Å². The molecule has 0 aromatic heterocycles. The van der Waals surface area contributed by atoms with Crippen LogP contribution in [-0.4, -0.2) is 5.78 Å². The molecule has 0 saturated heterocycles. The molecular formula is C10H14O. The molecule has 2 spiro atoms. The first kappa shape index (κ1) is 6.22. The van der Waals surface area contributed by atoms with Crippen LogP contribution in [0.5, 0.6) is 0 Å². The zero-order chi connectivity index (χ0) is 7.53. The van der Waals surface area contributed by atoms with Crippen LogP contribution in [0.4, 0.5) is 0 Å². The van der Waals surface area contributed by atoms with E-state index in [2.05, 4.69) is 0 Å². The van der Waals surface area contributed by atoms with Gasteiger partial charge < -0.3 is 0 Å². The number of carbonyl (C=O) groups is 1. The van der Waals surface area contributed by atoms with Crippen LogP contribution in [0, 0.1) is 10.8 Å². The van der Waals surface area contributed by atoms with Crippen molar-refractivity contribution in [3.8, 4) is 0 Å². The number of hydrogen-bond acceptors (Lipinski definition) is 1. The Kier molecular flexibility index (Phi) is 0.875. The van der Waals surface area contributed by atoms with Crippen molar-refractivity contribution >= 4 is 5.78 Å². The van der Waals surface area contributed by atoms with Gasteiger partial charge in [-0.15, -0.1) is 0 Å². The van der Waals surface area contributed by atoms with Crippen LogP contribution < -0.4 is 0 Å². The summed E-state index contributed by atoms with van der Waals surface area (Å²) in [4.78, 5) is 10.9. The second-order valence-corrected chi connectivity index (χ2v) is 5.07. The highest BCUT2D eigenvalue weighted by Gasteiger charge is 2.58. The van der Waals surface area contributed by atoms with Gasteiger partial charge in [-0.2, -0.15) is 0 Å². The molecule has 0 radical (unpaired) electrons. The van der Waals surface area contributed by atoms with Crippen molar-refractivity contribution in [1.82, 2.24) is 0 Å². The Balaban J connectivity index is 1.78. The predicted molar refractivity (Wildman–Crippen MR) is 42.2 cm³/mol. The Hall–Kier alpha value is -0.330. The maximum atomic E-state index is 10.9. The van der Waals surface area contributed by atoms with E-state index in [1.807, 2.05) is 0 Å². The van der Waals surface area contributed by atoms with Crippen LogP contribution in [0.25, 0.3) is 0 Å². The van der Waals surface area contributed by atoms with Gasteiger partial charge in [0.05, 0.1) is 0 Å². The highest BCUT2D eigenvalue weighted by Crippen LogP contribution is 2.67. The molecule has 0 atom stereocenters. The molecule has 1 heteroatoms. The molecule has 11 heavy (non-hydrogen) atoms. The lowest BCUT2D eigenvalue weighted by Gasteiger charge is -2.37. The first-order chi connectivity index (χ1) is 5.22. The van der Waals surface area contributed by atoms with Gasteiger partial charge in [-0.25, -0.2) is 0 Å². The van der Waals surface area contributed by atoms with Gasteiger partial charge in [0.15, 0.2) is 0 Å². The molecule has 3 fully saturated rings. The zero-order valence-electron chi connectivity index (χ0n) is 6.86. The quantitative estimate of drug-likeness (QED) is 0.518. The fourth-order valence-electron chi connectivity index (χ4n) is 3.19. The third-order valence-electron chi connectivity index (χ3n) is 4.04. The smallest absolute Gasteiger partial charge is 0.134 e. The van der Waals surface area contributed by atoms with Gasteiger partial charge >= 0.3 is 0 Å². The van der Waals surface area contributed by atoms with E-state index in [1.54, 1.807) is 0 Å². The van der Waals surface area contributed by atoms with E-state index in [0.717, 1.165) is 18.3 Å². The first-order valence-electron chi connectivity index (χ1n) is 4.74. The van der Waals surface area contributed by atoms with Crippen molar-refractivity contribution in [3.63, 3.8) is 0 Å². The van der Waals surface area contributed by atoms with E-state index in [1.165, 1.54) is 32.1 Å². The minimum absolute atomic E-state index is 0.516. The molecule has 0 amide bonds. The number of hydrogen-bond donors (Lipinski definition) is 0. The van der Waals surface area contributed by atoms with Crippen molar-refractivity contribution in [2.75, 3.05) is 0 Å². The van der Waals surface area contributed by atoms with E-state index >= 15 is 0 Å². The number of Topliss-reactive ketones (excluding diaryl/α,β-unsaturated/α-hetero) is 1. The molecule has 0 N–H and O–H groups in total. The summed E-state index contributed by atoms with van der Waals surface area (Å²) in [6.45, 7) is 0. The summed E-state index contributed by atoms with van der Waals surface area (Å²) in [5.74, 6) is 0.516. The minimum Gasteiger partial charge on any atom is -0.300 e. The fourth-order valence-corrected chi connectivity index (χ4v) is 3.19. The van der Waals surface area contributed by atoms with Gasteiger partial charge in [0.1, 0.15) is 5.78 Å². The van der Waals surface area contributed by atoms with Crippen molar-refractivity contribution in [1.29, 1.82) is 0 Å². The molecule has 0 heterocycles. The first-order valence-corrected chi connectivity index (χ1v) is 4.74. The van der Waals surface area contributed by atoms with Gasteiger partial charge in [0.2, 0.25) is 0 Å². The second kappa shape index (κ2) is 1.55. The zero-order valence-corrected chi connectivity index (χ0v) is 6.86. The highest BCUT2D eigenvalue weighted by atomic mass is 16.1. The summed E-state index contributed by atoms with van der Waals surface area (Å²) in [6, 6.07) is 0. The molecule has 3 saturated carbocycles. The van der Waals surface area contributed by atoms with Gasteiger partial charge in [-0.1, -0.05) is 0 Å². The summed E-state index contributed by atoms with van der Waals surface area (Å²) in [5.41, 5.74) is 1.30. The van der Waals surface area contributed by atoms with Crippen LogP contribution in [0.3, 0.4) is 0 Å². The van der Waals surface area contributed by atoms with E-state index in [9.17, 15) is 4.79 Å². The normalized spacial score (nSPS) is 36.2. The Bertz CT molecular complexity index is 217. The summed E-state index contributed by atoms with van der Waals surface area (Å²) >= 11 is 0. The number of ketones is 1. The molecule has 0 bridgehead atoms. The summed E-state index contributed by atoms with van der Waals surface area (Å²) in [6.07, 6.45) is 8.96. The van der Waals surface area contributed by atoms with Gasteiger partial charge in [0.25, 0.3) is 0 Å². The van der Waals surface area contributed by atoms with Crippen molar-refractivity contribution in [2.24, 2.45) is 10.8 Å². The molecule has 60 valence electrons. The van der Waals surface area contributed by atoms with Gasteiger partial charge in [-0.3, -0.25) is 4.79 Å². The second-order valence-electron chi connectivity index (χ2n) is 5.07. The number of carbonyl (C=O) groups excluding carboxylic acids is 1. The Labute approximate surface area is 67.2 Å². The van der Waals surface area contributed by atoms with Gasteiger partial charge in [-0.05, 0) is 42.9 Å². The van der Waals surface area contributed by atoms with E-state index in [-0.39, 0.29) is 0 Å². The number of rotatable bonds is 0. The molecule has 3 aliphatic rings. The molecule has 0 aliphatic heterocycles. The fraction of sp³-hybridized carbons (Fsp3) is 0.900.